The quantitative estimate of drug-likeness (QED) is 0.589. The lowest BCUT2D eigenvalue weighted by Crippen LogP contribution is -1.99. The second kappa shape index (κ2) is 7.89. The summed E-state index contributed by atoms with van der Waals surface area (Å²) >= 11 is 0. The van der Waals surface area contributed by atoms with E-state index < -0.39 is 11.9 Å². The van der Waals surface area contributed by atoms with Crippen LogP contribution < -0.4 is 0 Å². The molecule has 4 N–H and O–H groups in total. The maximum atomic E-state index is 10.3. The highest BCUT2D eigenvalue weighted by molar-refractivity contribution is 5.91. The minimum Gasteiger partial charge on any atom is -0.516 e. The van der Waals surface area contributed by atoms with Gasteiger partial charge in [0.05, 0.1) is 24.0 Å². The molecule has 0 bridgehead atoms. The summed E-state index contributed by atoms with van der Waals surface area (Å²) in [5.74, 6) is -2.13. The van der Waals surface area contributed by atoms with Crippen LogP contribution in [0.1, 0.15) is 20.7 Å². The molecular weight excluding hydrogens is 228 g/mol. The molecule has 0 aromatic heterocycles. The van der Waals surface area contributed by atoms with Crippen molar-refractivity contribution in [2.45, 2.75) is 0 Å². The van der Waals surface area contributed by atoms with E-state index in [0.29, 0.717) is 0 Å². The number of carbonyl (C=O) groups is 2. The van der Waals surface area contributed by atoms with Crippen molar-refractivity contribution in [2.24, 2.45) is 0 Å². The fourth-order valence-electron chi connectivity index (χ4n) is 0.803. The Balaban J connectivity index is 0.000000437. The third kappa shape index (κ3) is 5.95. The summed E-state index contributed by atoms with van der Waals surface area (Å²) in [7, 11) is 0. The summed E-state index contributed by atoms with van der Waals surface area (Å²) in [6.45, 7) is -0.0868. The minimum absolute atomic E-state index is 0.0833. The third-order valence-corrected chi connectivity index (χ3v) is 1.59. The van der Waals surface area contributed by atoms with E-state index in [0.717, 1.165) is 6.26 Å². The number of aromatic carboxylic acids is 2. The maximum absolute atomic E-state index is 10.3. The van der Waals surface area contributed by atoms with E-state index in [4.69, 9.17) is 20.4 Å². The summed E-state index contributed by atoms with van der Waals surface area (Å²) in [6.07, 6.45) is 2.04. The van der Waals surface area contributed by atoms with Crippen LogP contribution in [0, 0.1) is 0 Å². The van der Waals surface area contributed by atoms with Crippen molar-refractivity contribution >= 4 is 11.9 Å². The van der Waals surface area contributed by atoms with E-state index in [1.165, 1.54) is 30.3 Å². The van der Waals surface area contributed by atoms with Crippen molar-refractivity contribution in [1.82, 2.24) is 0 Å². The Kier molecular flexibility index (Phi) is 6.80. The predicted molar refractivity (Wildman–Crippen MR) is 59.2 cm³/mol. The summed E-state index contributed by atoms with van der Waals surface area (Å²) in [5, 5.41) is 32.5. The van der Waals surface area contributed by atoms with Gasteiger partial charge in [0.2, 0.25) is 0 Å². The monoisotopic (exact) mass is 240 g/mol. The molecule has 0 aliphatic rings. The van der Waals surface area contributed by atoms with E-state index in [9.17, 15) is 9.59 Å². The van der Waals surface area contributed by atoms with Crippen molar-refractivity contribution in [3.8, 4) is 0 Å². The highest BCUT2D eigenvalue weighted by atomic mass is 16.4. The number of carboxylic acids is 2. The molecule has 17 heavy (non-hydrogen) atoms. The molecule has 0 fully saturated rings. The molecule has 92 valence electrons. The molecule has 0 aliphatic carbocycles. The van der Waals surface area contributed by atoms with Crippen molar-refractivity contribution in [1.29, 1.82) is 0 Å². The van der Waals surface area contributed by atoms with E-state index in [1.807, 2.05) is 0 Å². The number of aliphatic hydroxyl groups excluding tert-OH is 2. The van der Waals surface area contributed by atoms with Gasteiger partial charge in [0, 0.05) is 0 Å². The zero-order valence-electron chi connectivity index (χ0n) is 8.78. The van der Waals surface area contributed by atoms with Crippen molar-refractivity contribution in [3.63, 3.8) is 0 Å². The molecule has 6 heteroatoms. The molecular formula is C11H12O6. The summed E-state index contributed by atoms with van der Waals surface area (Å²) in [5.41, 5.74) is 0.167. The molecule has 0 heterocycles. The van der Waals surface area contributed by atoms with Gasteiger partial charge in [-0.15, -0.1) is 0 Å². The molecule has 1 aromatic rings. The number of hydrogen-bond acceptors (Lipinski definition) is 4. The highest BCUT2D eigenvalue weighted by Crippen LogP contribution is 2.03. The van der Waals surface area contributed by atoms with Crippen LogP contribution in [0.4, 0.5) is 0 Å². The number of benzene rings is 1. The Morgan fingerprint density at radius 1 is 1.00 bits per heavy atom. The highest BCUT2D eigenvalue weighted by Gasteiger charge is 2.04. The average Bonchev–Trinajstić information content (AvgIpc) is 2.31. The molecule has 0 saturated carbocycles. The molecule has 0 unspecified atom stereocenters. The molecule has 0 atom stereocenters. The van der Waals surface area contributed by atoms with Crippen molar-refractivity contribution in [3.05, 3.63) is 47.7 Å². The predicted octanol–water partition coefficient (Wildman–Crippen LogP) is 1.13. The van der Waals surface area contributed by atoms with Gasteiger partial charge in [-0.1, -0.05) is 0 Å². The average molecular weight is 240 g/mol. The van der Waals surface area contributed by atoms with Crippen LogP contribution in [0.2, 0.25) is 0 Å². The molecule has 6 nitrogen and oxygen atoms in total. The summed E-state index contributed by atoms with van der Waals surface area (Å²) in [6, 6.07) is 5.02. The molecule has 0 saturated heterocycles. The first kappa shape index (κ1) is 14.7. The first-order valence-electron chi connectivity index (χ1n) is 4.49. The van der Waals surface area contributed by atoms with Gasteiger partial charge in [-0.05, 0) is 30.3 Å². The van der Waals surface area contributed by atoms with Gasteiger partial charge in [0.15, 0.2) is 0 Å². The fourth-order valence-corrected chi connectivity index (χ4v) is 0.803. The molecule has 0 radical (unpaired) electrons. The van der Waals surface area contributed by atoms with Gasteiger partial charge in [-0.2, -0.15) is 0 Å². The van der Waals surface area contributed by atoms with Gasteiger partial charge in [0.25, 0.3) is 0 Å². The lowest BCUT2D eigenvalue weighted by molar-refractivity contribution is 0.0681. The van der Waals surface area contributed by atoms with Crippen LogP contribution in [0.15, 0.2) is 36.6 Å². The molecule has 0 amide bonds. The number of rotatable bonds is 3. The van der Waals surface area contributed by atoms with Crippen LogP contribution in [0.5, 0.6) is 0 Å². The van der Waals surface area contributed by atoms with Gasteiger partial charge < -0.3 is 20.4 Å². The Morgan fingerprint density at radius 2 is 1.35 bits per heavy atom. The number of hydrogen-bond donors (Lipinski definition) is 4. The Morgan fingerprint density at radius 3 is 1.47 bits per heavy atom. The minimum atomic E-state index is -1.06. The molecule has 0 spiro atoms. The van der Waals surface area contributed by atoms with Gasteiger partial charge >= 0.3 is 11.9 Å². The van der Waals surface area contributed by atoms with Crippen LogP contribution in [0.3, 0.4) is 0 Å². The van der Waals surface area contributed by atoms with Gasteiger partial charge in [-0.3, -0.25) is 0 Å². The SMILES string of the molecule is O=C(O)c1ccc(C(=O)O)cc1.OC=CCO. The molecule has 0 aliphatic heterocycles. The van der Waals surface area contributed by atoms with Crippen LogP contribution in [-0.2, 0) is 0 Å². The topological polar surface area (TPSA) is 115 Å². The largest absolute Gasteiger partial charge is 0.516 e. The van der Waals surface area contributed by atoms with Crippen molar-refractivity contribution < 1.29 is 30.0 Å². The summed E-state index contributed by atoms with van der Waals surface area (Å²) in [4.78, 5) is 20.7. The standard InChI is InChI=1S/C8H6O4.C3H6O2/c9-7(10)5-1-2-6(4-3-5)8(11)12;4-2-1-3-5/h1-4H,(H,9,10)(H,11,12);1-2,4-5H,3H2. The Labute approximate surface area is 97.1 Å². The van der Waals surface area contributed by atoms with E-state index in [1.54, 1.807) is 0 Å². The molecule has 1 rings (SSSR count). The number of aliphatic hydroxyl groups is 2. The normalized spacial score (nSPS) is 9.47. The fraction of sp³-hybridized carbons (Fsp3) is 0.0909. The van der Waals surface area contributed by atoms with Gasteiger partial charge in [0.1, 0.15) is 0 Å². The lowest BCUT2D eigenvalue weighted by Gasteiger charge is -1.94. The van der Waals surface area contributed by atoms with E-state index in [-0.39, 0.29) is 17.7 Å². The second-order valence-corrected chi connectivity index (χ2v) is 2.76. The zero-order valence-corrected chi connectivity index (χ0v) is 8.78. The second-order valence-electron chi connectivity index (χ2n) is 2.76. The zero-order chi connectivity index (χ0) is 13.3. The summed E-state index contributed by atoms with van der Waals surface area (Å²) < 4.78 is 0. The van der Waals surface area contributed by atoms with Gasteiger partial charge in [-0.25, -0.2) is 9.59 Å². The van der Waals surface area contributed by atoms with Crippen LogP contribution in [0.25, 0.3) is 0 Å². The first-order valence-corrected chi connectivity index (χ1v) is 4.49. The molecule has 1 aromatic carbocycles. The van der Waals surface area contributed by atoms with E-state index in [2.05, 4.69) is 0 Å². The lowest BCUT2D eigenvalue weighted by atomic mass is 10.1. The Bertz CT molecular complexity index is 360. The third-order valence-electron chi connectivity index (χ3n) is 1.59. The van der Waals surface area contributed by atoms with E-state index >= 15 is 0 Å². The van der Waals surface area contributed by atoms with Crippen molar-refractivity contribution in [2.75, 3.05) is 6.61 Å². The smallest absolute Gasteiger partial charge is 0.335 e. The Hall–Kier alpha value is -2.34. The van der Waals surface area contributed by atoms with Crippen LogP contribution >= 0.6 is 0 Å². The maximum Gasteiger partial charge on any atom is 0.335 e. The van der Waals surface area contributed by atoms with Crippen LogP contribution in [-0.4, -0.2) is 39.0 Å². The first-order chi connectivity index (χ1) is 8.02. The number of carboxylic acid groups (broad SMARTS) is 2.